The molecule has 1 fully saturated rings. The minimum Gasteiger partial charge on any atom is -0.466 e. The van der Waals surface area contributed by atoms with E-state index in [4.69, 9.17) is 4.74 Å². The summed E-state index contributed by atoms with van der Waals surface area (Å²) in [5.41, 5.74) is -1.99. The highest BCUT2D eigenvalue weighted by Gasteiger charge is 2.34. The fourth-order valence-corrected chi connectivity index (χ4v) is 5.85. The number of pyridine rings is 1. The maximum atomic E-state index is 13.9. The van der Waals surface area contributed by atoms with Crippen LogP contribution < -0.4 is 9.80 Å². The molecule has 0 spiro atoms. The first-order valence-corrected chi connectivity index (χ1v) is 15.3. The molecule has 0 unspecified atom stereocenters. The van der Waals surface area contributed by atoms with Crippen LogP contribution in [0.4, 0.5) is 38.1 Å². The number of ether oxygens (including phenoxy) is 1. The number of tetrazole rings is 1. The summed E-state index contributed by atoms with van der Waals surface area (Å²) in [6.07, 6.45) is -5.01. The van der Waals surface area contributed by atoms with Crippen molar-refractivity contribution in [3.05, 3.63) is 58.3 Å². The fourth-order valence-electron chi connectivity index (χ4n) is 5.85. The van der Waals surface area contributed by atoms with Gasteiger partial charge >= 0.3 is 18.3 Å². The molecule has 16 heteroatoms. The molecule has 1 aromatic carbocycles. The molecule has 0 bridgehead atoms. The van der Waals surface area contributed by atoms with Crippen molar-refractivity contribution in [2.45, 2.75) is 71.4 Å². The van der Waals surface area contributed by atoms with Gasteiger partial charge in [-0.15, -0.1) is 5.10 Å². The summed E-state index contributed by atoms with van der Waals surface area (Å²) in [5.74, 6) is 0.462. The maximum Gasteiger partial charge on any atom is 0.417 e. The van der Waals surface area contributed by atoms with Crippen molar-refractivity contribution < 1.29 is 35.9 Å². The van der Waals surface area contributed by atoms with Gasteiger partial charge in [-0.1, -0.05) is 5.10 Å². The number of aryl methyl sites for hydroxylation is 1. The van der Waals surface area contributed by atoms with E-state index in [1.807, 2.05) is 11.8 Å². The zero-order valence-electron chi connectivity index (χ0n) is 26.3. The van der Waals surface area contributed by atoms with Crippen LogP contribution in [0.1, 0.15) is 73.8 Å². The Bertz CT molecular complexity index is 1560. The SMILES string of the molecule is CCOC(=O)CC1CCC(CN(CC)c2ncc(C(F)(F)F)cc2CN(Cc2cc(C#N)cc(C(F)(F)F)c2)c2nnn(C)n2)CC1. The lowest BCUT2D eigenvalue weighted by molar-refractivity contribution is -0.144. The van der Waals surface area contributed by atoms with E-state index in [9.17, 15) is 36.4 Å². The van der Waals surface area contributed by atoms with Crippen molar-refractivity contribution in [3.8, 4) is 6.07 Å². The van der Waals surface area contributed by atoms with Crippen molar-refractivity contribution in [2.24, 2.45) is 18.9 Å². The van der Waals surface area contributed by atoms with Crippen LogP contribution in [0, 0.1) is 23.2 Å². The van der Waals surface area contributed by atoms with Crippen molar-refractivity contribution in [2.75, 3.05) is 29.5 Å². The lowest BCUT2D eigenvalue weighted by Crippen LogP contribution is -2.34. The second-order valence-electron chi connectivity index (χ2n) is 11.6. The van der Waals surface area contributed by atoms with Gasteiger partial charge in [0.25, 0.3) is 5.95 Å². The highest BCUT2D eigenvalue weighted by atomic mass is 19.4. The minimum atomic E-state index is -4.73. The largest absolute Gasteiger partial charge is 0.466 e. The smallest absolute Gasteiger partial charge is 0.417 e. The van der Waals surface area contributed by atoms with Gasteiger partial charge in [-0.3, -0.25) is 4.79 Å². The Morgan fingerprint density at radius 3 is 2.23 bits per heavy atom. The average molecular weight is 667 g/mol. The van der Waals surface area contributed by atoms with Crippen molar-refractivity contribution in [1.82, 2.24) is 25.2 Å². The normalized spacial score (nSPS) is 16.9. The quantitative estimate of drug-likeness (QED) is 0.162. The summed E-state index contributed by atoms with van der Waals surface area (Å²) in [4.78, 5) is 20.6. The summed E-state index contributed by atoms with van der Waals surface area (Å²) in [6, 6.07) is 5.60. The van der Waals surface area contributed by atoms with Crippen LogP contribution in [0.15, 0.2) is 30.5 Å². The number of hydrogen-bond acceptors (Lipinski definition) is 9. The van der Waals surface area contributed by atoms with Gasteiger partial charge in [0.2, 0.25) is 0 Å². The van der Waals surface area contributed by atoms with E-state index in [1.54, 1.807) is 13.0 Å². The molecule has 0 aliphatic heterocycles. The number of anilines is 2. The number of aromatic nitrogens is 5. The van der Waals surface area contributed by atoms with Crippen molar-refractivity contribution in [3.63, 3.8) is 0 Å². The van der Waals surface area contributed by atoms with E-state index >= 15 is 0 Å². The zero-order valence-corrected chi connectivity index (χ0v) is 26.3. The van der Waals surface area contributed by atoms with E-state index < -0.39 is 23.5 Å². The molecular weight excluding hydrogens is 630 g/mol. The molecule has 254 valence electrons. The van der Waals surface area contributed by atoms with Gasteiger partial charge in [-0.2, -0.15) is 36.4 Å². The number of nitrogens with zero attached hydrogens (tertiary/aromatic N) is 8. The summed E-state index contributed by atoms with van der Waals surface area (Å²) in [5, 5.41) is 21.3. The number of nitriles is 1. The number of benzene rings is 1. The Kier molecular flexibility index (Phi) is 11.3. The summed E-state index contributed by atoms with van der Waals surface area (Å²) in [7, 11) is 1.48. The molecule has 0 amide bonds. The fraction of sp³-hybridized carbons (Fsp3) is 0.548. The number of carbonyl (C=O) groups is 1. The number of halogens is 6. The van der Waals surface area contributed by atoms with E-state index in [2.05, 4.69) is 20.4 Å². The van der Waals surface area contributed by atoms with Gasteiger partial charge in [-0.05, 0) is 86.4 Å². The van der Waals surface area contributed by atoms with Gasteiger partial charge in [0.1, 0.15) is 5.82 Å². The molecule has 1 aliphatic rings. The molecule has 0 radical (unpaired) electrons. The molecule has 4 rings (SSSR count). The van der Waals surface area contributed by atoms with E-state index in [1.165, 1.54) is 18.0 Å². The Hall–Kier alpha value is -4.42. The molecular formula is C31H36F6N8O2. The van der Waals surface area contributed by atoms with Crippen LogP contribution in [0.3, 0.4) is 0 Å². The van der Waals surface area contributed by atoms with Gasteiger partial charge in [0.05, 0.1) is 36.4 Å². The number of hydrogen-bond donors (Lipinski definition) is 0. The number of esters is 1. The summed E-state index contributed by atoms with van der Waals surface area (Å²) >= 11 is 0. The topological polar surface area (TPSA) is 113 Å². The van der Waals surface area contributed by atoms with Gasteiger partial charge in [0, 0.05) is 44.4 Å². The van der Waals surface area contributed by atoms with Gasteiger partial charge < -0.3 is 14.5 Å². The van der Waals surface area contributed by atoms with Gasteiger partial charge in [0.15, 0.2) is 0 Å². The first-order valence-electron chi connectivity index (χ1n) is 15.3. The monoisotopic (exact) mass is 666 g/mol. The van der Waals surface area contributed by atoms with Crippen LogP contribution in [-0.4, -0.2) is 50.9 Å². The molecule has 0 N–H and O–H groups in total. The third-order valence-corrected chi connectivity index (χ3v) is 8.12. The molecule has 3 aromatic rings. The van der Waals surface area contributed by atoms with E-state index in [0.717, 1.165) is 54.9 Å². The zero-order chi connectivity index (χ0) is 34.4. The number of carbonyl (C=O) groups excluding carboxylic acids is 1. The Balaban J connectivity index is 1.65. The van der Waals surface area contributed by atoms with Crippen LogP contribution in [0.25, 0.3) is 0 Å². The second kappa shape index (κ2) is 15.0. The third kappa shape index (κ3) is 9.55. The summed E-state index contributed by atoms with van der Waals surface area (Å²) in [6.45, 7) is 4.37. The molecule has 0 saturated heterocycles. The van der Waals surface area contributed by atoms with E-state index in [-0.39, 0.29) is 53.5 Å². The molecule has 1 aliphatic carbocycles. The van der Waals surface area contributed by atoms with Crippen molar-refractivity contribution in [1.29, 1.82) is 5.26 Å². The molecule has 2 heterocycles. The Morgan fingerprint density at radius 2 is 1.66 bits per heavy atom. The van der Waals surface area contributed by atoms with Crippen LogP contribution in [0.5, 0.6) is 0 Å². The Labute approximate surface area is 268 Å². The van der Waals surface area contributed by atoms with Crippen LogP contribution in [-0.2, 0) is 42.0 Å². The van der Waals surface area contributed by atoms with E-state index in [0.29, 0.717) is 31.9 Å². The highest BCUT2D eigenvalue weighted by molar-refractivity contribution is 5.69. The third-order valence-electron chi connectivity index (χ3n) is 8.12. The average Bonchev–Trinajstić information content (AvgIpc) is 3.45. The second-order valence-corrected chi connectivity index (χ2v) is 11.6. The molecule has 2 aromatic heterocycles. The number of alkyl halides is 6. The predicted octanol–water partition coefficient (Wildman–Crippen LogP) is 6.31. The first kappa shape index (κ1) is 35.4. The van der Waals surface area contributed by atoms with Crippen molar-refractivity contribution >= 4 is 17.7 Å². The lowest BCUT2D eigenvalue weighted by Gasteiger charge is -2.34. The van der Waals surface area contributed by atoms with Gasteiger partial charge in [-0.25, -0.2) is 4.98 Å². The molecule has 47 heavy (non-hydrogen) atoms. The van der Waals surface area contributed by atoms with Crippen LogP contribution >= 0.6 is 0 Å². The molecule has 10 nitrogen and oxygen atoms in total. The summed E-state index contributed by atoms with van der Waals surface area (Å²) < 4.78 is 87.7. The number of rotatable bonds is 12. The standard InChI is InChI=1S/C31H36F6N8O2/c1-4-44(17-21-8-6-20(7-9-21)13-27(46)47-5-2)28-24(14-26(16-39-28)31(35,36)37)19-45(29-40-42-43(3)41-29)18-23-10-22(15-38)11-25(12-23)30(32,33)34/h10-12,14,16,20-21H,4-9,13,17-19H2,1-3H3. The Morgan fingerprint density at radius 1 is 0.979 bits per heavy atom. The molecule has 0 atom stereocenters. The minimum absolute atomic E-state index is 0.0326. The molecule has 1 saturated carbocycles. The predicted molar refractivity (Wildman–Crippen MR) is 159 cm³/mol. The first-order chi connectivity index (χ1) is 22.2. The van der Waals surface area contributed by atoms with Crippen LogP contribution in [0.2, 0.25) is 0 Å². The highest BCUT2D eigenvalue weighted by Crippen LogP contribution is 2.36. The maximum absolute atomic E-state index is 13.9. The lowest BCUT2D eigenvalue weighted by atomic mass is 9.80.